The number of imidazole rings is 1. The molecule has 6 rings (SSSR count). The Balaban J connectivity index is 1.17. The van der Waals surface area contributed by atoms with Gasteiger partial charge in [-0.05, 0) is 103 Å². The number of hydrogen-bond donors (Lipinski definition) is 1. The van der Waals surface area contributed by atoms with Crippen molar-refractivity contribution in [2.24, 2.45) is 0 Å². The molecule has 7 nitrogen and oxygen atoms in total. The normalized spacial score (nSPS) is 14.5. The maximum Gasteiger partial charge on any atom is 0.416 e. The number of piperazine rings is 1. The molecule has 3 aromatic carbocycles. The van der Waals surface area contributed by atoms with Crippen LogP contribution in [0.25, 0.3) is 16.8 Å². The first-order chi connectivity index (χ1) is 22.1. The van der Waals surface area contributed by atoms with E-state index in [1.54, 1.807) is 6.20 Å². The van der Waals surface area contributed by atoms with Crippen molar-refractivity contribution < 1.29 is 18.0 Å². The second kappa shape index (κ2) is 13.4. The van der Waals surface area contributed by atoms with E-state index in [1.165, 1.54) is 12.1 Å². The third-order valence-electron chi connectivity index (χ3n) is 8.75. The number of alkyl halides is 3. The molecule has 0 radical (unpaired) electrons. The highest BCUT2D eigenvalue weighted by Crippen LogP contribution is 2.33. The zero-order chi connectivity index (χ0) is 32.3. The highest BCUT2D eigenvalue weighted by atomic mass is 19.4. The van der Waals surface area contributed by atoms with Gasteiger partial charge in [0.1, 0.15) is 0 Å². The molecule has 0 saturated carbocycles. The van der Waals surface area contributed by atoms with E-state index in [0.717, 1.165) is 95.9 Å². The van der Waals surface area contributed by atoms with Crippen LogP contribution in [0.2, 0.25) is 0 Å². The molecule has 1 fully saturated rings. The summed E-state index contributed by atoms with van der Waals surface area (Å²) in [5.74, 6) is -0.185. The Morgan fingerprint density at radius 3 is 2.46 bits per heavy atom. The van der Waals surface area contributed by atoms with Crippen LogP contribution in [0.4, 0.5) is 13.2 Å². The van der Waals surface area contributed by atoms with Gasteiger partial charge in [0.2, 0.25) is 0 Å². The van der Waals surface area contributed by atoms with Crippen molar-refractivity contribution in [1.29, 1.82) is 0 Å². The number of rotatable bonds is 9. The Morgan fingerprint density at radius 2 is 1.70 bits per heavy atom. The zero-order valence-corrected chi connectivity index (χ0v) is 26.0. The van der Waals surface area contributed by atoms with Gasteiger partial charge < -0.3 is 10.2 Å². The van der Waals surface area contributed by atoms with E-state index < -0.39 is 11.7 Å². The van der Waals surface area contributed by atoms with Crippen LogP contribution < -0.4 is 5.32 Å². The molecule has 46 heavy (non-hydrogen) atoms. The second-order valence-electron chi connectivity index (χ2n) is 12.0. The number of carbonyl (C=O) groups excluding carboxylic acids is 1. The molecule has 1 N–H and O–H groups in total. The number of nitrogens with one attached hydrogen (secondary N) is 1. The summed E-state index contributed by atoms with van der Waals surface area (Å²) in [6.45, 7) is 6.82. The molecule has 1 aliphatic heterocycles. The van der Waals surface area contributed by atoms with E-state index >= 15 is 0 Å². The van der Waals surface area contributed by atoms with Crippen molar-refractivity contribution in [2.75, 3.05) is 33.2 Å². The molecule has 0 spiro atoms. The number of benzene rings is 3. The lowest BCUT2D eigenvalue weighted by atomic mass is 9.95. The maximum absolute atomic E-state index is 13.3. The smallest absolute Gasteiger partial charge is 0.348 e. The predicted molar refractivity (Wildman–Crippen MR) is 172 cm³/mol. The summed E-state index contributed by atoms with van der Waals surface area (Å²) in [7, 11) is 2.10. The van der Waals surface area contributed by atoms with Gasteiger partial charge in [-0.15, -0.1) is 0 Å². The van der Waals surface area contributed by atoms with E-state index in [0.29, 0.717) is 12.1 Å². The standard InChI is InChI=1S/C36H37F3N6O/c1-25-5-7-29(21-28(25)11-14-32-23-40-34-4-3-15-42-45(32)34)35(46)41-22-26-6-8-30(24-44-18-16-43(2)17-19-44)33(20-26)27-9-12-31(13-10-27)36(37,38)39/h3-10,12-13,15,20-21,23H,11,14,16-19,22,24H2,1-2H3,(H,41,46). The van der Waals surface area contributed by atoms with E-state index in [9.17, 15) is 18.0 Å². The summed E-state index contributed by atoms with van der Waals surface area (Å²) in [4.78, 5) is 22.3. The number of carbonyl (C=O) groups is 1. The van der Waals surface area contributed by atoms with Crippen LogP contribution in [0.5, 0.6) is 0 Å². The van der Waals surface area contributed by atoms with Crippen LogP contribution >= 0.6 is 0 Å². The Kier molecular flexibility index (Phi) is 9.19. The number of halogens is 3. The molecule has 238 valence electrons. The summed E-state index contributed by atoms with van der Waals surface area (Å²) >= 11 is 0. The van der Waals surface area contributed by atoms with E-state index in [-0.39, 0.29) is 12.5 Å². The fourth-order valence-electron chi connectivity index (χ4n) is 5.90. The molecule has 0 atom stereocenters. The lowest BCUT2D eigenvalue weighted by Crippen LogP contribution is -2.43. The van der Waals surface area contributed by atoms with Crippen molar-refractivity contribution in [1.82, 2.24) is 29.7 Å². The van der Waals surface area contributed by atoms with E-state index in [1.807, 2.05) is 66.2 Å². The summed E-state index contributed by atoms with van der Waals surface area (Å²) in [6, 6.07) is 20.8. The first kappa shape index (κ1) is 31.4. The minimum atomic E-state index is -4.39. The van der Waals surface area contributed by atoms with Crippen LogP contribution in [0, 0.1) is 6.92 Å². The van der Waals surface area contributed by atoms with Crippen molar-refractivity contribution in [3.05, 3.63) is 124 Å². The Labute approximate surface area is 266 Å². The van der Waals surface area contributed by atoms with Gasteiger partial charge in [-0.25, -0.2) is 9.50 Å². The fraction of sp³-hybridized carbons (Fsp3) is 0.306. The number of aryl methyl sites for hydroxylation is 3. The Morgan fingerprint density at radius 1 is 0.913 bits per heavy atom. The summed E-state index contributed by atoms with van der Waals surface area (Å²) in [5.41, 5.74) is 7.40. The minimum Gasteiger partial charge on any atom is -0.348 e. The molecular weight excluding hydrogens is 589 g/mol. The maximum atomic E-state index is 13.3. The van der Waals surface area contributed by atoms with Crippen LogP contribution in [0.15, 0.2) is 85.2 Å². The summed E-state index contributed by atoms with van der Waals surface area (Å²) < 4.78 is 41.7. The lowest BCUT2D eigenvalue weighted by molar-refractivity contribution is -0.137. The highest BCUT2D eigenvalue weighted by molar-refractivity contribution is 5.94. The SMILES string of the molecule is Cc1ccc(C(=O)NCc2ccc(CN3CCN(C)CC3)c(-c3ccc(C(F)(F)F)cc3)c2)cc1CCc1cnc2cccnn12. The quantitative estimate of drug-likeness (QED) is 0.212. The minimum absolute atomic E-state index is 0.185. The largest absolute Gasteiger partial charge is 0.416 e. The highest BCUT2D eigenvalue weighted by Gasteiger charge is 2.30. The van der Waals surface area contributed by atoms with E-state index in [2.05, 4.69) is 32.2 Å². The molecule has 10 heteroatoms. The monoisotopic (exact) mass is 626 g/mol. The molecule has 0 bridgehead atoms. The van der Waals surface area contributed by atoms with Crippen molar-refractivity contribution in [3.8, 4) is 11.1 Å². The average Bonchev–Trinajstić information content (AvgIpc) is 3.47. The molecule has 1 amide bonds. The molecule has 0 unspecified atom stereocenters. The molecule has 1 saturated heterocycles. The molecule has 2 aromatic heterocycles. The molecule has 1 aliphatic rings. The van der Waals surface area contributed by atoms with Crippen LogP contribution in [-0.4, -0.2) is 63.5 Å². The first-order valence-electron chi connectivity index (χ1n) is 15.5. The number of likely N-dealkylation sites (N-methyl/N-ethyl adjacent to an activating group) is 1. The van der Waals surface area contributed by atoms with Gasteiger partial charge in [-0.1, -0.05) is 30.3 Å². The number of amides is 1. The van der Waals surface area contributed by atoms with Crippen LogP contribution in [-0.2, 0) is 32.1 Å². The van der Waals surface area contributed by atoms with Gasteiger partial charge in [0, 0.05) is 51.0 Å². The fourth-order valence-corrected chi connectivity index (χ4v) is 5.90. The van der Waals surface area contributed by atoms with Crippen LogP contribution in [0.1, 0.15) is 43.9 Å². The number of aromatic nitrogens is 3. The van der Waals surface area contributed by atoms with Gasteiger partial charge in [-0.3, -0.25) is 9.69 Å². The third kappa shape index (κ3) is 7.29. The number of fused-ring (bicyclic) bond motifs is 1. The number of hydrogen-bond acceptors (Lipinski definition) is 5. The average molecular weight is 627 g/mol. The van der Waals surface area contributed by atoms with Gasteiger partial charge in [0.25, 0.3) is 5.91 Å². The third-order valence-corrected chi connectivity index (χ3v) is 8.75. The number of nitrogens with zero attached hydrogens (tertiary/aromatic N) is 5. The molecule has 5 aromatic rings. The molecule has 0 aliphatic carbocycles. The van der Waals surface area contributed by atoms with E-state index in [4.69, 9.17) is 0 Å². The van der Waals surface area contributed by atoms with Crippen molar-refractivity contribution in [3.63, 3.8) is 0 Å². The predicted octanol–water partition coefficient (Wildman–Crippen LogP) is 6.19. The van der Waals surface area contributed by atoms with Gasteiger partial charge >= 0.3 is 6.18 Å². The molecular formula is C36H37F3N6O. The van der Waals surface area contributed by atoms with Crippen LogP contribution in [0.3, 0.4) is 0 Å². The Hall–Kier alpha value is -4.54. The van der Waals surface area contributed by atoms with Gasteiger partial charge in [0.05, 0.1) is 17.5 Å². The van der Waals surface area contributed by atoms with Crippen molar-refractivity contribution in [2.45, 2.75) is 39.0 Å². The zero-order valence-electron chi connectivity index (χ0n) is 26.0. The first-order valence-corrected chi connectivity index (χ1v) is 15.5. The Bertz CT molecular complexity index is 1820. The topological polar surface area (TPSA) is 65.8 Å². The summed E-state index contributed by atoms with van der Waals surface area (Å²) in [6.07, 6.45) is 0.653. The van der Waals surface area contributed by atoms with Gasteiger partial charge in [-0.2, -0.15) is 18.3 Å². The molecule has 3 heterocycles. The summed E-state index contributed by atoms with van der Waals surface area (Å²) in [5, 5.41) is 7.43. The lowest BCUT2D eigenvalue weighted by Gasteiger charge is -2.33. The van der Waals surface area contributed by atoms with Crippen molar-refractivity contribution >= 4 is 11.6 Å². The van der Waals surface area contributed by atoms with Gasteiger partial charge in [0.15, 0.2) is 5.65 Å². The second-order valence-corrected chi connectivity index (χ2v) is 12.0.